The first kappa shape index (κ1) is 22.9. The van der Waals surface area contributed by atoms with Crippen LogP contribution in [0.4, 0.5) is 0 Å². The van der Waals surface area contributed by atoms with Crippen LogP contribution in [0, 0.1) is 6.92 Å². The minimum absolute atomic E-state index is 0.0718. The molecule has 0 spiro atoms. The molecule has 2 rings (SSSR count). The summed E-state index contributed by atoms with van der Waals surface area (Å²) in [6.07, 6.45) is 0. The van der Waals surface area contributed by atoms with Gasteiger partial charge in [0.05, 0.1) is 0 Å². The summed E-state index contributed by atoms with van der Waals surface area (Å²) in [4.78, 5) is 0. The van der Waals surface area contributed by atoms with Crippen molar-refractivity contribution in [3.63, 3.8) is 0 Å². The zero-order chi connectivity index (χ0) is 19.4. The summed E-state index contributed by atoms with van der Waals surface area (Å²) in [6, 6.07) is 14.6. The molecule has 1 nitrogen and oxygen atoms in total. The number of phenols is 1. The van der Waals surface area contributed by atoms with Gasteiger partial charge in [-0.2, -0.15) is 0 Å². The predicted molar refractivity (Wildman–Crippen MR) is 108 cm³/mol. The third-order valence-corrected chi connectivity index (χ3v) is 4.23. The van der Waals surface area contributed by atoms with Crippen molar-refractivity contribution in [1.82, 2.24) is 0 Å². The summed E-state index contributed by atoms with van der Waals surface area (Å²) in [5.41, 5.74) is 4.12. The van der Waals surface area contributed by atoms with Gasteiger partial charge in [0.2, 0.25) is 0 Å². The Morgan fingerprint density at radius 2 is 1.28 bits per heavy atom. The number of aryl methyl sites for hydroxylation is 1. The Hall–Kier alpha value is -0.176. The topological polar surface area (TPSA) is 20.2 Å². The summed E-state index contributed by atoms with van der Waals surface area (Å²) < 4.78 is 0. The fourth-order valence-corrected chi connectivity index (χ4v) is 2.84. The van der Waals surface area contributed by atoms with Crippen LogP contribution in [-0.4, -0.2) is 5.11 Å². The van der Waals surface area contributed by atoms with E-state index in [0.29, 0.717) is 5.75 Å². The second-order valence-corrected chi connectivity index (χ2v) is 15.4. The van der Waals surface area contributed by atoms with E-state index in [4.69, 9.17) is 27.9 Å². The summed E-state index contributed by atoms with van der Waals surface area (Å²) in [7, 11) is 14.9. The van der Waals surface area contributed by atoms with Crippen molar-refractivity contribution < 1.29 is 19.8 Å². The van der Waals surface area contributed by atoms with Gasteiger partial charge in [0, 0.05) is 11.0 Å². The van der Waals surface area contributed by atoms with Crippen LogP contribution >= 0.6 is 27.9 Å². The Bertz CT molecular complexity index is 689. The molecule has 0 saturated heterocycles. The van der Waals surface area contributed by atoms with Gasteiger partial charge < -0.3 is 5.11 Å². The second kappa shape index (κ2) is 9.15. The Kier molecular flexibility index (Phi) is 8.37. The molecular weight excluding hydrogens is 410 g/mol. The number of hydrogen-bond acceptors (Lipinski definition) is 1. The molecule has 0 bridgehead atoms. The number of halogens is 3. The van der Waals surface area contributed by atoms with Crippen LogP contribution < -0.4 is 0 Å². The third-order valence-electron chi connectivity index (χ3n) is 4.23. The number of phenolic OH excluding ortho intramolecular Hbond substituents is 1. The van der Waals surface area contributed by atoms with Gasteiger partial charge in [-0.1, -0.05) is 82.6 Å². The van der Waals surface area contributed by atoms with Gasteiger partial charge in [0.1, 0.15) is 5.75 Å². The van der Waals surface area contributed by atoms with E-state index in [9.17, 15) is 5.11 Å². The number of aromatic hydroxyl groups is 1. The van der Waals surface area contributed by atoms with Gasteiger partial charge in [-0.05, 0) is 23.5 Å². The van der Waals surface area contributed by atoms with Crippen molar-refractivity contribution >= 4 is 27.9 Å². The van der Waals surface area contributed by atoms with Crippen LogP contribution in [0.3, 0.4) is 0 Å². The average molecular weight is 437 g/mol. The molecule has 0 aliphatic heterocycles. The Morgan fingerprint density at radius 1 is 0.840 bits per heavy atom. The molecule has 0 heterocycles. The molecule has 5 heteroatoms. The number of rotatable bonds is 2. The molecule has 25 heavy (non-hydrogen) atoms. The van der Waals surface area contributed by atoms with E-state index in [1.165, 1.54) is 11.1 Å². The second-order valence-electron chi connectivity index (χ2n) is 7.66. The van der Waals surface area contributed by atoms with Gasteiger partial charge in [-0.15, -0.1) is 0 Å². The average Bonchev–Trinajstić information content (AvgIpc) is 2.48. The van der Waals surface area contributed by atoms with E-state index in [2.05, 4.69) is 77.9 Å². The van der Waals surface area contributed by atoms with E-state index >= 15 is 0 Å². The quantitative estimate of drug-likeness (QED) is 0.487. The molecule has 1 N–H and O–H groups in total. The summed E-state index contributed by atoms with van der Waals surface area (Å²) in [5, 5.41) is 10.8. The molecule has 137 valence electrons. The first-order valence-electron chi connectivity index (χ1n) is 8.11. The zero-order valence-electron chi connectivity index (χ0n) is 15.6. The maximum absolute atomic E-state index is 10.8. The summed E-state index contributed by atoms with van der Waals surface area (Å²) in [5.74, 6) is 0.432. The monoisotopic (exact) mass is 435 g/mol. The molecule has 2 aromatic carbocycles. The molecule has 0 atom stereocenters. The summed E-state index contributed by atoms with van der Waals surface area (Å²) >= 11 is -1.92. The molecule has 0 aromatic heterocycles. The minimum atomic E-state index is -1.92. The van der Waals surface area contributed by atoms with Gasteiger partial charge in [-0.25, -0.2) is 0 Å². The van der Waals surface area contributed by atoms with E-state index in [-0.39, 0.29) is 10.8 Å². The van der Waals surface area contributed by atoms with Crippen LogP contribution in [0.2, 0.25) is 0 Å². The van der Waals surface area contributed by atoms with Crippen molar-refractivity contribution in [3.05, 3.63) is 64.7 Å². The zero-order valence-corrected chi connectivity index (χ0v) is 19.5. The Morgan fingerprint density at radius 3 is 1.72 bits per heavy atom. The Labute approximate surface area is 169 Å². The third kappa shape index (κ3) is 6.49. The fourth-order valence-electron chi connectivity index (χ4n) is 2.84. The van der Waals surface area contributed by atoms with Crippen molar-refractivity contribution in [1.29, 1.82) is 0 Å². The van der Waals surface area contributed by atoms with Crippen molar-refractivity contribution in [3.8, 4) is 5.75 Å². The normalized spacial score (nSPS) is 11.6. The number of benzene rings is 2. The number of hydrogen-bond donors (Lipinski definition) is 1. The van der Waals surface area contributed by atoms with Gasteiger partial charge in [-0.3, -0.25) is 0 Å². The van der Waals surface area contributed by atoms with Gasteiger partial charge >= 0.3 is 42.6 Å². The van der Waals surface area contributed by atoms with E-state index in [0.717, 1.165) is 11.1 Å². The van der Waals surface area contributed by atoms with Crippen molar-refractivity contribution in [2.24, 2.45) is 0 Å². The van der Waals surface area contributed by atoms with Crippen LogP contribution in [0.1, 0.15) is 56.9 Å². The van der Waals surface area contributed by atoms with Crippen LogP contribution in [-0.2, 0) is 25.5 Å². The van der Waals surface area contributed by atoms with Crippen LogP contribution in [0.5, 0.6) is 5.75 Å². The van der Waals surface area contributed by atoms with Crippen LogP contribution in [0.25, 0.3) is 0 Å². The standard InChI is InChI=1S/C20H26O.3ClH.Ti/c1-14-12-16(19(2,3)4)18(21)17(13-14)20(5,6)15-10-8-7-9-11-15;;;;/h7-13,21H,1-6H3;3*1H;/q;;;;+3/p-3. The maximum atomic E-state index is 10.8. The van der Waals surface area contributed by atoms with Gasteiger partial charge in [0.15, 0.2) is 0 Å². The van der Waals surface area contributed by atoms with Crippen molar-refractivity contribution in [2.45, 2.75) is 52.4 Å². The van der Waals surface area contributed by atoms with Crippen LogP contribution in [0.15, 0.2) is 42.5 Å². The van der Waals surface area contributed by atoms with Gasteiger partial charge in [0.25, 0.3) is 0 Å². The first-order chi connectivity index (χ1) is 11.4. The van der Waals surface area contributed by atoms with E-state index < -0.39 is 14.7 Å². The Balaban J connectivity index is 0.000000705. The molecule has 0 unspecified atom stereocenters. The molecule has 2 aromatic rings. The molecular formula is C20H26Cl3OTi. The SMILES string of the molecule is Cc1cc(C(C)(C)C)c(O)c(C(C)(C)c2ccccc2)c1.[Cl][Ti]([Cl])[Cl]. The summed E-state index contributed by atoms with van der Waals surface area (Å²) in [6.45, 7) is 12.9. The molecule has 0 amide bonds. The van der Waals surface area contributed by atoms with E-state index in [1.54, 1.807) is 0 Å². The predicted octanol–water partition coefficient (Wildman–Crippen LogP) is 7.39. The molecule has 0 aliphatic carbocycles. The first-order valence-corrected chi connectivity index (χ1v) is 14.6. The molecule has 0 saturated carbocycles. The fraction of sp³-hybridized carbons (Fsp3) is 0.400. The van der Waals surface area contributed by atoms with E-state index in [1.807, 2.05) is 6.07 Å². The van der Waals surface area contributed by atoms with Crippen molar-refractivity contribution in [2.75, 3.05) is 0 Å². The molecule has 0 fully saturated rings. The molecule has 0 aliphatic rings. The molecule has 0 radical (unpaired) electrons.